The van der Waals surface area contributed by atoms with Crippen LogP contribution in [-0.4, -0.2) is 55.0 Å². The van der Waals surface area contributed by atoms with Crippen LogP contribution < -0.4 is 14.8 Å². The number of amides is 1. The van der Waals surface area contributed by atoms with Crippen molar-refractivity contribution in [2.75, 3.05) is 25.4 Å². The van der Waals surface area contributed by atoms with Crippen molar-refractivity contribution >= 4 is 27.7 Å². The fourth-order valence-corrected chi connectivity index (χ4v) is 3.79. The monoisotopic (exact) mass is 413 g/mol. The first-order valence-corrected chi connectivity index (χ1v) is 10.9. The van der Waals surface area contributed by atoms with Gasteiger partial charge in [-0.05, 0) is 37.6 Å². The number of sulfonamides is 1. The van der Waals surface area contributed by atoms with Crippen LogP contribution in [0.25, 0.3) is 0 Å². The van der Waals surface area contributed by atoms with Gasteiger partial charge in [0.25, 0.3) is 5.91 Å². The van der Waals surface area contributed by atoms with E-state index in [1.165, 1.54) is 36.0 Å². The molecule has 1 aromatic carbocycles. The molecule has 0 bridgehead atoms. The number of aromatic nitrogens is 3. The molecule has 11 heteroatoms. The van der Waals surface area contributed by atoms with Crippen molar-refractivity contribution in [2.45, 2.75) is 30.3 Å². The largest absolute Gasteiger partial charge is 0.484 e. The minimum atomic E-state index is -3.51. The fourth-order valence-electron chi connectivity index (χ4n) is 1.95. The standard InChI is InChI=1S/C16H23N5O4S2/c1-3-8-18-27(23,24)14-6-4-13(5-7-14)25-11-15(22)17-9-10-26-16-19-12(2)20-21-16/h4-7,18H,3,8-11H2,1-2H3,(H,17,22)(H,19,20,21). The molecule has 0 aliphatic rings. The number of H-pyrrole nitrogens is 1. The molecule has 2 rings (SSSR count). The molecule has 9 nitrogen and oxygen atoms in total. The van der Waals surface area contributed by atoms with Gasteiger partial charge in [0, 0.05) is 18.8 Å². The van der Waals surface area contributed by atoms with Gasteiger partial charge in [-0.25, -0.2) is 18.1 Å². The molecule has 148 valence electrons. The third-order valence-corrected chi connectivity index (χ3v) is 5.60. The molecule has 0 radical (unpaired) electrons. The molecule has 0 aliphatic carbocycles. The van der Waals surface area contributed by atoms with E-state index in [0.29, 0.717) is 36.2 Å². The average molecular weight is 414 g/mol. The van der Waals surface area contributed by atoms with Gasteiger partial charge < -0.3 is 10.1 Å². The number of carbonyl (C=O) groups is 1. The first-order chi connectivity index (χ1) is 12.9. The Kier molecular flexibility index (Phi) is 8.07. The van der Waals surface area contributed by atoms with E-state index in [1.807, 2.05) is 13.8 Å². The minimum Gasteiger partial charge on any atom is -0.484 e. The lowest BCUT2D eigenvalue weighted by atomic mass is 10.3. The molecule has 0 fully saturated rings. The Bertz CT molecular complexity index is 837. The smallest absolute Gasteiger partial charge is 0.257 e. The van der Waals surface area contributed by atoms with E-state index < -0.39 is 10.0 Å². The number of thioether (sulfide) groups is 1. The van der Waals surface area contributed by atoms with Gasteiger partial charge in [-0.2, -0.15) is 0 Å². The Morgan fingerprint density at radius 3 is 2.63 bits per heavy atom. The van der Waals surface area contributed by atoms with E-state index in [2.05, 4.69) is 25.2 Å². The van der Waals surface area contributed by atoms with Gasteiger partial charge in [-0.3, -0.25) is 9.89 Å². The predicted octanol–water partition coefficient (Wildman–Crippen LogP) is 1.09. The molecule has 1 heterocycles. The highest BCUT2D eigenvalue weighted by molar-refractivity contribution is 7.99. The number of nitrogens with one attached hydrogen (secondary N) is 3. The number of benzene rings is 1. The highest BCUT2D eigenvalue weighted by atomic mass is 32.2. The van der Waals surface area contributed by atoms with Gasteiger partial charge in [0.15, 0.2) is 6.61 Å². The fraction of sp³-hybridized carbons (Fsp3) is 0.438. The number of hydrogen-bond donors (Lipinski definition) is 3. The second-order valence-electron chi connectivity index (χ2n) is 5.56. The van der Waals surface area contributed by atoms with Crippen molar-refractivity contribution < 1.29 is 17.9 Å². The summed E-state index contributed by atoms with van der Waals surface area (Å²) in [7, 11) is -3.51. The molecule has 0 saturated carbocycles. The normalized spacial score (nSPS) is 11.3. The predicted molar refractivity (Wildman–Crippen MR) is 102 cm³/mol. The second-order valence-corrected chi connectivity index (χ2v) is 8.39. The zero-order valence-corrected chi connectivity index (χ0v) is 16.8. The summed E-state index contributed by atoms with van der Waals surface area (Å²) in [6, 6.07) is 5.94. The summed E-state index contributed by atoms with van der Waals surface area (Å²) in [5, 5.41) is 10.1. The first kappa shape index (κ1) is 21.2. The molecular formula is C16H23N5O4S2. The summed E-state index contributed by atoms with van der Waals surface area (Å²) in [5.74, 6) is 1.54. The topological polar surface area (TPSA) is 126 Å². The van der Waals surface area contributed by atoms with Crippen LogP contribution in [0.1, 0.15) is 19.2 Å². The van der Waals surface area contributed by atoms with Crippen LogP contribution in [0, 0.1) is 6.92 Å². The van der Waals surface area contributed by atoms with Crippen LogP contribution in [0.3, 0.4) is 0 Å². The summed E-state index contributed by atoms with van der Waals surface area (Å²) < 4.78 is 31.8. The van der Waals surface area contributed by atoms with Crippen LogP contribution >= 0.6 is 11.8 Å². The third-order valence-electron chi connectivity index (χ3n) is 3.28. The Labute approximate surface area is 162 Å². The molecule has 0 aliphatic heterocycles. The van der Waals surface area contributed by atoms with Crippen molar-refractivity contribution in [2.24, 2.45) is 0 Å². The lowest BCUT2D eigenvalue weighted by molar-refractivity contribution is -0.122. The molecule has 2 aromatic rings. The maximum Gasteiger partial charge on any atom is 0.257 e. The lowest BCUT2D eigenvalue weighted by Gasteiger charge is -2.09. The van der Waals surface area contributed by atoms with Crippen LogP contribution in [0.2, 0.25) is 0 Å². The quantitative estimate of drug-likeness (QED) is 0.372. The zero-order chi connectivity index (χ0) is 19.7. The molecule has 1 aromatic heterocycles. The van der Waals surface area contributed by atoms with Crippen molar-refractivity contribution in [1.29, 1.82) is 0 Å². The van der Waals surface area contributed by atoms with E-state index in [9.17, 15) is 13.2 Å². The van der Waals surface area contributed by atoms with Gasteiger partial charge in [-0.15, -0.1) is 5.10 Å². The summed E-state index contributed by atoms with van der Waals surface area (Å²) >= 11 is 1.44. The number of ether oxygens (including phenoxy) is 1. The van der Waals surface area contributed by atoms with Gasteiger partial charge >= 0.3 is 0 Å². The number of rotatable bonds is 11. The first-order valence-electron chi connectivity index (χ1n) is 8.41. The Morgan fingerprint density at radius 1 is 1.26 bits per heavy atom. The highest BCUT2D eigenvalue weighted by Gasteiger charge is 2.13. The molecule has 3 N–H and O–H groups in total. The number of hydrogen-bond acceptors (Lipinski definition) is 7. The van der Waals surface area contributed by atoms with E-state index >= 15 is 0 Å². The van der Waals surface area contributed by atoms with Crippen LogP contribution in [0.5, 0.6) is 5.75 Å². The van der Waals surface area contributed by atoms with Gasteiger partial charge in [-0.1, -0.05) is 18.7 Å². The van der Waals surface area contributed by atoms with Crippen LogP contribution in [0.4, 0.5) is 0 Å². The van der Waals surface area contributed by atoms with E-state index in [-0.39, 0.29) is 17.4 Å². The molecular weight excluding hydrogens is 390 g/mol. The summed E-state index contributed by atoms with van der Waals surface area (Å²) in [4.78, 5) is 16.1. The van der Waals surface area contributed by atoms with Gasteiger partial charge in [0.05, 0.1) is 4.90 Å². The second kappa shape index (κ2) is 10.3. The van der Waals surface area contributed by atoms with Gasteiger partial charge in [0.1, 0.15) is 11.6 Å². The molecule has 1 amide bonds. The average Bonchev–Trinajstić information content (AvgIpc) is 3.07. The van der Waals surface area contributed by atoms with Crippen molar-refractivity contribution in [3.8, 4) is 5.75 Å². The SMILES string of the molecule is CCCNS(=O)(=O)c1ccc(OCC(=O)NCCSc2n[nH]c(C)n2)cc1. The number of carbonyl (C=O) groups excluding carboxylic acids is 1. The maximum atomic E-state index is 12.0. The Balaban J connectivity index is 1.70. The van der Waals surface area contributed by atoms with E-state index in [4.69, 9.17) is 4.74 Å². The number of aryl methyl sites for hydroxylation is 1. The number of nitrogens with zero attached hydrogens (tertiary/aromatic N) is 2. The molecule has 0 unspecified atom stereocenters. The minimum absolute atomic E-state index is 0.148. The van der Waals surface area contributed by atoms with Gasteiger partial charge in [0.2, 0.25) is 15.2 Å². The summed E-state index contributed by atoms with van der Waals surface area (Å²) in [6.45, 7) is 4.40. The van der Waals surface area contributed by atoms with Crippen LogP contribution in [0.15, 0.2) is 34.3 Å². The summed E-state index contributed by atoms with van der Waals surface area (Å²) in [6.07, 6.45) is 0.714. The molecule has 0 atom stereocenters. The van der Waals surface area contributed by atoms with E-state index in [0.717, 1.165) is 5.82 Å². The van der Waals surface area contributed by atoms with Crippen LogP contribution in [-0.2, 0) is 14.8 Å². The molecule has 27 heavy (non-hydrogen) atoms. The zero-order valence-electron chi connectivity index (χ0n) is 15.2. The Morgan fingerprint density at radius 2 is 2.00 bits per heavy atom. The summed E-state index contributed by atoms with van der Waals surface area (Å²) in [5.41, 5.74) is 0. The lowest BCUT2D eigenvalue weighted by Crippen LogP contribution is -2.30. The van der Waals surface area contributed by atoms with Crippen molar-refractivity contribution in [3.05, 3.63) is 30.1 Å². The van der Waals surface area contributed by atoms with E-state index in [1.54, 1.807) is 0 Å². The van der Waals surface area contributed by atoms with Crippen molar-refractivity contribution in [3.63, 3.8) is 0 Å². The molecule has 0 spiro atoms. The maximum absolute atomic E-state index is 12.0. The highest BCUT2D eigenvalue weighted by Crippen LogP contribution is 2.16. The molecule has 0 saturated heterocycles. The Hall–Kier alpha value is -2.11. The third kappa shape index (κ3) is 7.19. The number of aromatic amines is 1. The van der Waals surface area contributed by atoms with Crippen molar-refractivity contribution in [1.82, 2.24) is 25.2 Å².